The number of rotatable bonds is 5. The Hall–Kier alpha value is -0.960. The Morgan fingerprint density at radius 1 is 1.27 bits per heavy atom. The van der Waals surface area contributed by atoms with E-state index in [0.29, 0.717) is 18.0 Å². The second-order valence-corrected chi connectivity index (χ2v) is 6.78. The summed E-state index contributed by atoms with van der Waals surface area (Å²) in [6.07, 6.45) is 10.9. The summed E-state index contributed by atoms with van der Waals surface area (Å²) in [4.78, 5) is 8.82. The number of hydrogen-bond donors (Lipinski definition) is 4. The molecule has 0 spiro atoms. The van der Waals surface area contributed by atoms with Gasteiger partial charge < -0.3 is 16.0 Å². The number of aliphatic imine (C=N–C) groups is 2. The molecule has 1 saturated carbocycles. The van der Waals surface area contributed by atoms with Crippen LogP contribution in [-0.4, -0.2) is 43.1 Å². The van der Waals surface area contributed by atoms with E-state index in [-0.39, 0.29) is 6.04 Å². The molecule has 0 aromatic heterocycles. The van der Waals surface area contributed by atoms with Gasteiger partial charge in [-0.2, -0.15) is 0 Å². The fourth-order valence-corrected chi connectivity index (χ4v) is 4.08. The van der Waals surface area contributed by atoms with Crippen molar-refractivity contribution < 1.29 is 0 Å². The fourth-order valence-electron chi connectivity index (χ4n) is 3.46. The van der Waals surface area contributed by atoms with Crippen LogP contribution in [-0.2, 0) is 0 Å². The third kappa shape index (κ3) is 3.51. The van der Waals surface area contributed by atoms with E-state index in [1.165, 1.54) is 31.9 Å². The zero-order chi connectivity index (χ0) is 15.4. The zero-order valence-electron chi connectivity index (χ0n) is 12.6. The summed E-state index contributed by atoms with van der Waals surface area (Å²) < 4.78 is 3.33. The van der Waals surface area contributed by atoms with E-state index in [1.54, 1.807) is 6.34 Å². The Bertz CT molecular complexity index is 492. The number of nitrogens with zero attached hydrogens (tertiary/aromatic N) is 2. The Balaban J connectivity index is 1.61. The smallest absolute Gasteiger partial charge is 0.112 e. The van der Waals surface area contributed by atoms with Gasteiger partial charge >= 0.3 is 0 Å². The Morgan fingerprint density at radius 3 is 2.77 bits per heavy atom. The lowest BCUT2D eigenvalue weighted by molar-refractivity contribution is 0.358. The summed E-state index contributed by atoms with van der Waals surface area (Å²) in [5.41, 5.74) is 0.950. The molecule has 0 amide bonds. The van der Waals surface area contributed by atoms with Crippen LogP contribution in [0.5, 0.6) is 0 Å². The molecule has 0 bridgehead atoms. The molecule has 0 aromatic rings. The van der Waals surface area contributed by atoms with E-state index < -0.39 is 0 Å². The minimum absolute atomic E-state index is 0.0276. The zero-order valence-corrected chi connectivity index (χ0v) is 14.7. The average molecular weight is 414 g/mol. The average Bonchev–Trinajstić information content (AvgIpc) is 3.05. The highest BCUT2D eigenvalue weighted by molar-refractivity contribution is 14.1. The molecule has 2 aliphatic heterocycles. The number of halogens is 1. The van der Waals surface area contributed by atoms with Crippen LogP contribution in [0.3, 0.4) is 0 Å². The van der Waals surface area contributed by atoms with Crippen molar-refractivity contribution in [2.45, 2.75) is 50.2 Å². The standard InChI is InChI=1S/C15H23IN6/c16-22-12-3-1-11(2-4-12)19-8-10(7-17)14-13-5-6-18-15(13)21-9-20-14/h7-9,11-14,17,19,22H,1-6H2,(H,18,20,21)/b10-8+,17-7?/t11-,12+,13?,14?. The molecule has 2 fully saturated rings. The monoisotopic (exact) mass is 414 g/mol. The van der Waals surface area contributed by atoms with Crippen molar-refractivity contribution in [2.24, 2.45) is 15.9 Å². The quantitative estimate of drug-likeness (QED) is 0.314. The highest BCUT2D eigenvalue weighted by Gasteiger charge is 2.33. The summed E-state index contributed by atoms with van der Waals surface area (Å²) in [6, 6.07) is 1.19. The fraction of sp³-hybridized carbons (Fsp3) is 0.667. The highest BCUT2D eigenvalue weighted by Crippen LogP contribution is 2.25. The first kappa shape index (κ1) is 15.9. The van der Waals surface area contributed by atoms with Crippen LogP contribution in [0.4, 0.5) is 0 Å². The van der Waals surface area contributed by atoms with Crippen LogP contribution in [0.1, 0.15) is 32.1 Å². The van der Waals surface area contributed by atoms with E-state index in [2.05, 4.69) is 47.0 Å². The first-order chi connectivity index (χ1) is 10.8. The summed E-state index contributed by atoms with van der Waals surface area (Å²) >= 11 is 2.25. The number of amidine groups is 1. The van der Waals surface area contributed by atoms with Crippen molar-refractivity contribution >= 4 is 41.3 Å². The number of fused-ring (bicyclic) bond motifs is 1. The molecular formula is C15H23IN6. The number of hydrogen-bond acceptors (Lipinski definition) is 6. The van der Waals surface area contributed by atoms with Gasteiger partial charge in [0.1, 0.15) is 12.2 Å². The maximum Gasteiger partial charge on any atom is 0.112 e. The second kappa shape index (κ2) is 7.54. The van der Waals surface area contributed by atoms with Crippen LogP contribution >= 0.6 is 22.9 Å². The van der Waals surface area contributed by atoms with Crippen LogP contribution < -0.4 is 14.2 Å². The summed E-state index contributed by atoms with van der Waals surface area (Å²) in [7, 11) is 0. The maximum atomic E-state index is 7.75. The lowest BCUT2D eigenvalue weighted by Gasteiger charge is -2.29. The van der Waals surface area contributed by atoms with Gasteiger partial charge in [0.25, 0.3) is 0 Å². The van der Waals surface area contributed by atoms with Crippen LogP contribution in [0.2, 0.25) is 0 Å². The normalized spacial score (nSPS) is 34.6. The molecule has 4 N–H and O–H groups in total. The third-order valence-corrected chi connectivity index (χ3v) is 5.67. The van der Waals surface area contributed by atoms with Gasteiger partial charge in [0.2, 0.25) is 0 Å². The molecule has 6 nitrogen and oxygen atoms in total. The first-order valence-corrected chi connectivity index (χ1v) is 9.05. The molecule has 2 atom stereocenters. The van der Waals surface area contributed by atoms with Gasteiger partial charge in [-0.3, -0.25) is 8.52 Å². The van der Waals surface area contributed by atoms with Crippen molar-refractivity contribution in [2.75, 3.05) is 6.54 Å². The molecule has 3 aliphatic rings. The molecule has 0 radical (unpaired) electrons. The minimum Gasteiger partial charge on any atom is -0.388 e. The molecule has 120 valence electrons. The molecule has 7 heteroatoms. The lowest BCUT2D eigenvalue weighted by atomic mass is 9.90. The van der Waals surface area contributed by atoms with E-state index in [0.717, 1.165) is 24.4 Å². The van der Waals surface area contributed by atoms with Gasteiger partial charge in [-0.05, 0) is 32.1 Å². The molecule has 3 rings (SSSR count). The second-order valence-electron chi connectivity index (χ2n) is 6.16. The van der Waals surface area contributed by atoms with Gasteiger partial charge in [0.15, 0.2) is 0 Å². The predicted octanol–water partition coefficient (Wildman–Crippen LogP) is 1.78. The first-order valence-electron chi connectivity index (χ1n) is 7.97. The van der Waals surface area contributed by atoms with Crippen molar-refractivity contribution in [3.8, 4) is 0 Å². The molecule has 1 saturated heterocycles. The third-order valence-electron chi connectivity index (χ3n) is 4.79. The van der Waals surface area contributed by atoms with Crippen molar-refractivity contribution in [3.63, 3.8) is 0 Å². The van der Waals surface area contributed by atoms with Crippen LogP contribution in [0.15, 0.2) is 21.8 Å². The summed E-state index contributed by atoms with van der Waals surface area (Å²) in [5, 5.41) is 14.6. The minimum atomic E-state index is 0.0276. The lowest BCUT2D eigenvalue weighted by Crippen LogP contribution is -2.36. The van der Waals surface area contributed by atoms with E-state index in [4.69, 9.17) is 5.41 Å². The van der Waals surface area contributed by atoms with E-state index >= 15 is 0 Å². The molecule has 2 heterocycles. The van der Waals surface area contributed by atoms with E-state index in [1.807, 2.05) is 6.20 Å². The topological polar surface area (TPSA) is 84.7 Å². The van der Waals surface area contributed by atoms with Crippen molar-refractivity contribution in [3.05, 3.63) is 11.8 Å². The molecule has 2 unspecified atom stereocenters. The molecular weight excluding hydrogens is 391 g/mol. The van der Waals surface area contributed by atoms with E-state index in [9.17, 15) is 0 Å². The van der Waals surface area contributed by atoms with Crippen molar-refractivity contribution in [1.29, 1.82) is 5.41 Å². The van der Waals surface area contributed by atoms with Gasteiger partial charge in [0, 0.05) is 65.4 Å². The highest BCUT2D eigenvalue weighted by atomic mass is 127. The summed E-state index contributed by atoms with van der Waals surface area (Å²) in [5.74, 6) is 1.33. The Labute approximate surface area is 145 Å². The predicted molar refractivity (Wildman–Crippen MR) is 99.0 cm³/mol. The van der Waals surface area contributed by atoms with Gasteiger partial charge in [-0.25, -0.2) is 4.99 Å². The van der Waals surface area contributed by atoms with Gasteiger partial charge in [-0.15, -0.1) is 0 Å². The molecule has 22 heavy (non-hydrogen) atoms. The number of nitrogens with one attached hydrogen (secondary N) is 4. The van der Waals surface area contributed by atoms with Crippen LogP contribution in [0.25, 0.3) is 0 Å². The maximum absolute atomic E-state index is 7.75. The van der Waals surface area contributed by atoms with Crippen molar-refractivity contribution in [1.82, 2.24) is 14.2 Å². The Kier molecular flexibility index (Phi) is 5.46. The molecule has 1 aliphatic carbocycles. The van der Waals surface area contributed by atoms with Gasteiger partial charge in [0.05, 0.1) is 6.04 Å². The largest absolute Gasteiger partial charge is 0.388 e. The molecule has 0 aromatic carbocycles. The van der Waals surface area contributed by atoms with Gasteiger partial charge in [-0.1, -0.05) is 0 Å². The van der Waals surface area contributed by atoms with Crippen LogP contribution in [0, 0.1) is 11.3 Å². The SMILES string of the molecule is N=C/C(=C\N[C@H]1CC[C@@H](NI)CC1)C1N=CN=C2NCCC21. The Morgan fingerprint density at radius 2 is 2.05 bits per heavy atom. The summed E-state index contributed by atoms with van der Waals surface area (Å²) in [6.45, 7) is 0.954.